The minimum atomic E-state index is -0.339. The van der Waals surface area contributed by atoms with Gasteiger partial charge in [0.1, 0.15) is 5.00 Å². The van der Waals surface area contributed by atoms with E-state index in [1.165, 1.54) is 27.9 Å². The standard InChI is InChI=1S/C25H31NO3S/c1-5-17-9-13-20-21(15-17)30-24(23(20)25(28)29-6-2)26-22(27)14-10-18-7-11-19(12-8-18)16(3)4/h7-8,10-12,14,16-17H,5-6,9,13,15H2,1-4H3,(H,26,27). The minimum Gasteiger partial charge on any atom is -0.462 e. The molecule has 1 heterocycles. The molecule has 0 aliphatic heterocycles. The second-order valence-corrected chi connectivity index (χ2v) is 9.19. The van der Waals surface area contributed by atoms with Crippen molar-refractivity contribution in [2.24, 2.45) is 5.92 Å². The van der Waals surface area contributed by atoms with Crippen molar-refractivity contribution in [3.05, 3.63) is 57.5 Å². The number of hydrogen-bond donors (Lipinski definition) is 1. The number of esters is 1. The summed E-state index contributed by atoms with van der Waals surface area (Å²) in [6, 6.07) is 8.19. The number of hydrogen-bond acceptors (Lipinski definition) is 4. The summed E-state index contributed by atoms with van der Waals surface area (Å²) in [6.45, 7) is 8.64. The maximum Gasteiger partial charge on any atom is 0.341 e. The smallest absolute Gasteiger partial charge is 0.341 e. The van der Waals surface area contributed by atoms with Crippen LogP contribution in [0, 0.1) is 5.92 Å². The second-order valence-electron chi connectivity index (χ2n) is 8.09. The highest BCUT2D eigenvalue weighted by Crippen LogP contribution is 2.40. The van der Waals surface area contributed by atoms with E-state index in [4.69, 9.17) is 4.74 Å². The number of fused-ring (bicyclic) bond motifs is 1. The zero-order valence-electron chi connectivity index (χ0n) is 18.3. The van der Waals surface area contributed by atoms with Gasteiger partial charge in [-0.25, -0.2) is 4.79 Å². The first kappa shape index (κ1) is 22.3. The summed E-state index contributed by atoms with van der Waals surface area (Å²) >= 11 is 1.52. The Labute approximate surface area is 183 Å². The van der Waals surface area contributed by atoms with Gasteiger partial charge in [0.2, 0.25) is 5.91 Å². The number of ether oxygens (including phenoxy) is 1. The predicted octanol–water partition coefficient (Wildman–Crippen LogP) is 6.22. The molecule has 0 bridgehead atoms. The van der Waals surface area contributed by atoms with Crippen LogP contribution in [0.4, 0.5) is 5.00 Å². The number of rotatable bonds is 7. The molecule has 2 aromatic rings. The predicted molar refractivity (Wildman–Crippen MR) is 124 cm³/mol. The molecule has 1 aliphatic rings. The molecule has 1 aromatic heterocycles. The first-order chi connectivity index (χ1) is 14.4. The van der Waals surface area contributed by atoms with E-state index in [0.717, 1.165) is 36.8 Å². The van der Waals surface area contributed by atoms with E-state index in [1.54, 1.807) is 13.0 Å². The third-order valence-corrected chi connectivity index (χ3v) is 6.86. The van der Waals surface area contributed by atoms with Gasteiger partial charge >= 0.3 is 5.97 Å². The zero-order valence-corrected chi connectivity index (χ0v) is 19.1. The highest BCUT2D eigenvalue weighted by atomic mass is 32.1. The van der Waals surface area contributed by atoms with Gasteiger partial charge in [-0.15, -0.1) is 11.3 Å². The van der Waals surface area contributed by atoms with Gasteiger partial charge in [0.05, 0.1) is 12.2 Å². The fourth-order valence-corrected chi connectivity index (χ4v) is 5.18. The van der Waals surface area contributed by atoms with Crippen LogP contribution >= 0.6 is 11.3 Å². The maximum atomic E-state index is 12.6. The number of amides is 1. The molecular weight excluding hydrogens is 394 g/mol. The van der Waals surface area contributed by atoms with E-state index < -0.39 is 0 Å². The van der Waals surface area contributed by atoms with Gasteiger partial charge in [0.15, 0.2) is 0 Å². The number of anilines is 1. The van der Waals surface area contributed by atoms with Crippen molar-refractivity contribution in [2.45, 2.75) is 59.3 Å². The summed E-state index contributed by atoms with van der Waals surface area (Å²) in [5, 5.41) is 3.54. The molecule has 0 saturated carbocycles. The second kappa shape index (κ2) is 10.1. The molecule has 160 valence electrons. The van der Waals surface area contributed by atoms with Crippen LogP contribution in [0.2, 0.25) is 0 Å². The first-order valence-corrected chi connectivity index (χ1v) is 11.6. The Kier molecular flexibility index (Phi) is 7.48. The van der Waals surface area contributed by atoms with Crippen molar-refractivity contribution < 1.29 is 14.3 Å². The number of thiophene rings is 1. The lowest BCUT2D eigenvalue weighted by atomic mass is 9.85. The Morgan fingerprint density at radius 2 is 1.97 bits per heavy atom. The first-order valence-electron chi connectivity index (χ1n) is 10.8. The average molecular weight is 426 g/mol. The van der Waals surface area contributed by atoms with Crippen LogP contribution in [0.5, 0.6) is 0 Å². The quantitative estimate of drug-likeness (QED) is 0.423. The molecule has 0 spiro atoms. The van der Waals surface area contributed by atoms with Crippen LogP contribution in [-0.2, 0) is 22.4 Å². The third kappa shape index (κ3) is 5.20. The van der Waals surface area contributed by atoms with Crippen LogP contribution in [0.25, 0.3) is 6.08 Å². The lowest BCUT2D eigenvalue weighted by molar-refractivity contribution is -0.111. The molecule has 1 unspecified atom stereocenters. The molecule has 1 atom stereocenters. The molecule has 0 radical (unpaired) electrons. The average Bonchev–Trinajstić information content (AvgIpc) is 3.09. The molecule has 4 nitrogen and oxygen atoms in total. The summed E-state index contributed by atoms with van der Waals surface area (Å²) in [6.07, 6.45) is 7.36. The van der Waals surface area contributed by atoms with Gasteiger partial charge in [-0.3, -0.25) is 4.79 Å². The van der Waals surface area contributed by atoms with Crippen molar-refractivity contribution in [1.29, 1.82) is 0 Å². The van der Waals surface area contributed by atoms with Gasteiger partial charge in [0.25, 0.3) is 0 Å². The molecule has 0 fully saturated rings. The van der Waals surface area contributed by atoms with E-state index in [0.29, 0.717) is 29.0 Å². The van der Waals surface area contributed by atoms with Crippen molar-refractivity contribution >= 4 is 34.3 Å². The van der Waals surface area contributed by atoms with Crippen LogP contribution in [0.15, 0.2) is 30.3 Å². The van der Waals surface area contributed by atoms with Gasteiger partial charge in [-0.1, -0.05) is 51.5 Å². The fraction of sp³-hybridized carbons (Fsp3) is 0.440. The van der Waals surface area contributed by atoms with E-state index in [1.807, 2.05) is 12.1 Å². The number of carbonyl (C=O) groups is 2. The van der Waals surface area contributed by atoms with Crippen LogP contribution in [0.1, 0.15) is 78.4 Å². The van der Waals surface area contributed by atoms with Crippen molar-refractivity contribution in [2.75, 3.05) is 11.9 Å². The van der Waals surface area contributed by atoms with Gasteiger partial charge in [-0.2, -0.15) is 0 Å². The largest absolute Gasteiger partial charge is 0.462 e. The van der Waals surface area contributed by atoms with Gasteiger partial charge in [0, 0.05) is 11.0 Å². The SMILES string of the molecule is CCOC(=O)c1c(NC(=O)C=Cc2ccc(C(C)C)cc2)sc2c1CCC(CC)C2. The van der Waals surface area contributed by atoms with Crippen molar-refractivity contribution in [1.82, 2.24) is 0 Å². The molecule has 1 amide bonds. The van der Waals surface area contributed by atoms with Crippen LogP contribution < -0.4 is 5.32 Å². The molecule has 5 heteroatoms. The normalized spacial score (nSPS) is 16.0. The molecule has 3 rings (SSSR count). The van der Waals surface area contributed by atoms with E-state index >= 15 is 0 Å². The molecule has 1 N–H and O–H groups in total. The van der Waals surface area contributed by atoms with Gasteiger partial charge < -0.3 is 10.1 Å². The molecule has 0 saturated heterocycles. The molecule has 30 heavy (non-hydrogen) atoms. The monoisotopic (exact) mass is 425 g/mol. The Bertz CT molecular complexity index is 925. The lowest BCUT2D eigenvalue weighted by Crippen LogP contribution is -2.16. The minimum absolute atomic E-state index is 0.237. The van der Waals surface area contributed by atoms with E-state index in [9.17, 15) is 9.59 Å². The van der Waals surface area contributed by atoms with E-state index in [-0.39, 0.29) is 11.9 Å². The number of nitrogens with one attached hydrogen (secondary N) is 1. The highest BCUT2D eigenvalue weighted by Gasteiger charge is 2.29. The third-order valence-electron chi connectivity index (χ3n) is 5.69. The topological polar surface area (TPSA) is 55.4 Å². The highest BCUT2D eigenvalue weighted by molar-refractivity contribution is 7.17. The summed E-state index contributed by atoms with van der Waals surface area (Å²) in [5.41, 5.74) is 3.85. The number of benzene rings is 1. The summed E-state index contributed by atoms with van der Waals surface area (Å²) in [7, 11) is 0. The van der Waals surface area contributed by atoms with E-state index in [2.05, 4.69) is 38.2 Å². The maximum absolute atomic E-state index is 12.6. The van der Waals surface area contributed by atoms with Crippen LogP contribution in [0.3, 0.4) is 0 Å². The van der Waals surface area contributed by atoms with Gasteiger partial charge in [-0.05, 0) is 60.8 Å². The molecule has 1 aromatic carbocycles. The fourth-order valence-electron chi connectivity index (χ4n) is 3.83. The van der Waals surface area contributed by atoms with Crippen LogP contribution in [-0.4, -0.2) is 18.5 Å². The molecular formula is C25H31NO3S. The lowest BCUT2D eigenvalue weighted by Gasteiger charge is -2.20. The summed E-state index contributed by atoms with van der Waals surface area (Å²) in [5.74, 6) is 0.542. The zero-order chi connectivity index (χ0) is 21.7. The molecule has 1 aliphatic carbocycles. The van der Waals surface area contributed by atoms with Crippen molar-refractivity contribution in [3.63, 3.8) is 0 Å². The summed E-state index contributed by atoms with van der Waals surface area (Å²) in [4.78, 5) is 26.4. The number of carbonyl (C=O) groups excluding carboxylic acids is 2. The Balaban J connectivity index is 1.78. The van der Waals surface area contributed by atoms with Crippen molar-refractivity contribution in [3.8, 4) is 0 Å². The Morgan fingerprint density at radius 3 is 2.60 bits per heavy atom. The Hall–Kier alpha value is -2.40. The summed E-state index contributed by atoms with van der Waals surface area (Å²) < 4.78 is 5.29. The Morgan fingerprint density at radius 1 is 1.23 bits per heavy atom.